The van der Waals surface area contributed by atoms with Gasteiger partial charge in [0.2, 0.25) is 0 Å². The summed E-state index contributed by atoms with van der Waals surface area (Å²) >= 11 is 0. The van der Waals surface area contributed by atoms with Gasteiger partial charge in [0.05, 0.1) is 0 Å². The van der Waals surface area contributed by atoms with E-state index in [0.717, 1.165) is 0 Å². The average molecular weight is 197 g/mol. The first-order valence-corrected chi connectivity index (χ1v) is 3.85. The van der Waals surface area contributed by atoms with Gasteiger partial charge in [-0.05, 0) is 17.7 Å². The minimum absolute atomic E-state index is 0.0417. The highest BCUT2D eigenvalue weighted by Gasteiger charge is 2.00. The molecule has 4 nitrogen and oxygen atoms in total. The first-order valence-electron chi connectivity index (χ1n) is 3.85. The molecule has 1 aromatic rings. The van der Waals surface area contributed by atoms with E-state index in [1.54, 1.807) is 0 Å². The van der Waals surface area contributed by atoms with Crippen molar-refractivity contribution in [2.75, 3.05) is 0 Å². The number of nitrogens with one attached hydrogen (secondary N) is 1. The van der Waals surface area contributed by atoms with Gasteiger partial charge in [-0.15, -0.1) is 0 Å². The molecule has 0 saturated heterocycles. The molecule has 0 aromatic heterocycles. The number of halogens is 1. The topological polar surface area (TPSA) is 55.4 Å². The van der Waals surface area contributed by atoms with Crippen LogP contribution in [0, 0.1) is 5.82 Å². The Hall–Kier alpha value is -1.91. The van der Waals surface area contributed by atoms with Gasteiger partial charge in [0.15, 0.2) is 0 Å². The number of ether oxygens (including phenoxy) is 1. The first-order chi connectivity index (χ1) is 6.72. The molecule has 1 aromatic carbocycles. The van der Waals surface area contributed by atoms with Crippen LogP contribution in [0.4, 0.5) is 9.18 Å². The van der Waals surface area contributed by atoms with Crippen LogP contribution in [-0.4, -0.2) is 12.6 Å². The number of benzene rings is 1. The second-order valence-corrected chi connectivity index (χ2v) is 2.48. The van der Waals surface area contributed by atoms with Crippen molar-refractivity contribution in [3.63, 3.8) is 0 Å². The lowest BCUT2D eigenvalue weighted by atomic mass is 10.2. The van der Waals surface area contributed by atoms with Crippen LogP contribution in [0.5, 0.6) is 0 Å². The highest BCUT2D eigenvalue weighted by molar-refractivity contribution is 5.74. The van der Waals surface area contributed by atoms with E-state index in [1.165, 1.54) is 24.3 Å². The molecule has 0 atom stereocenters. The Balaban J connectivity index is 2.41. The summed E-state index contributed by atoms with van der Waals surface area (Å²) in [5.41, 5.74) is 0.717. The zero-order chi connectivity index (χ0) is 10.4. The monoisotopic (exact) mass is 197 g/mol. The predicted octanol–water partition coefficient (Wildman–Crippen LogP) is 1.21. The molecular weight excluding hydrogens is 189 g/mol. The van der Waals surface area contributed by atoms with Crippen LogP contribution >= 0.6 is 0 Å². The van der Waals surface area contributed by atoms with Crippen LogP contribution in [0.2, 0.25) is 0 Å². The number of hydrogen-bond acceptors (Lipinski definition) is 3. The lowest BCUT2D eigenvalue weighted by molar-refractivity contribution is -0.123. The first kappa shape index (κ1) is 10.2. The smallest absolute Gasteiger partial charge is 0.379 e. The zero-order valence-electron chi connectivity index (χ0n) is 7.20. The van der Waals surface area contributed by atoms with E-state index in [0.29, 0.717) is 5.56 Å². The van der Waals surface area contributed by atoms with Crippen LogP contribution in [0.3, 0.4) is 0 Å². The van der Waals surface area contributed by atoms with Crippen LogP contribution < -0.4 is 5.32 Å². The number of rotatable bonds is 3. The second-order valence-electron chi connectivity index (χ2n) is 2.48. The summed E-state index contributed by atoms with van der Waals surface area (Å²) in [6.45, 7) is 0.229. The molecule has 0 unspecified atom stereocenters. The summed E-state index contributed by atoms with van der Waals surface area (Å²) in [6, 6.07) is 5.61. The third-order valence-electron chi connectivity index (χ3n) is 1.51. The average Bonchev–Trinajstić information content (AvgIpc) is 2.17. The van der Waals surface area contributed by atoms with E-state index in [1.807, 2.05) is 0 Å². The summed E-state index contributed by atoms with van der Waals surface area (Å²) < 4.78 is 16.4. The van der Waals surface area contributed by atoms with E-state index in [-0.39, 0.29) is 18.8 Å². The quantitative estimate of drug-likeness (QED) is 0.585. The minimum atomic E-state index is -0.829. The minimum Gasteiger partial charge on any atom is -0.379 e. The van der Waals surface area contributed by atoms with Gasteiger partial charge in [0.25, 0.3) is 0 Å². The summed E-state index contributed by atoms with van der Waals surface area (Å²) in [5, 5.41) is 2.30. The molecule has 0 radical (unpaired) electrons. The van der Waals surface area contributed by atoms with Crippen molar-refractivity contribution in [2.45, 2.75) is 6.54 Å². The SMILES string of the molecule is O=COC(=O)NCc1ccc(F)cc1. The summed E-state index contributed by atoms with van der Waals surface area (Å²) in [5.74, 6) is -0.343. The molecule has 74 valence electrons. The van der Waals surface area contributed by atoms with Crippen LogP contribution in [0.1, 0.15) is 5.56 Å². The number of carbonyl (C=O) groups is 2. The molecule has 0 aliphatic rings. The Bertz CT molecular complexity index is 323. The number of hydrogen-bond donors (Lipinski definition) is 1. The van der Waals surface area contributed by atoms with Crippen LogP contribution in [0.15, 0.2) is 24.3 Å². The van der Waals surface area contributed by atoms with Crippen molar-refractivity contribution in [3.05, 3.63) is 35.6 Å². The standard InChI is InChI=1S/C9H8FNO3/c10-8-3-1-7(2-4-8)5-11-9(13)14-6-12/h1-4,6H,5H2,(H,11,13). The fraction of sp³-hybridized carbons (Fsp3) is 0.111. The van der Waals surface area contributed by atoms with E-state index in [2.05, 4.69) is 10.1 Å². The van der Waals surface area contributed by atoms with E-state index in [4.69, 9.17) is 0 Å². The molecule has 5 heteroatoms. The van der Waals surface area contributed by atoms with E-state index in [9.17, 15) is 14.0 Å². The number of amides is 1. The molecule has 0 aliphatic heterocycles. The van der Waals surface area contributed by atoms with Crippen LogP contribution in [-0.2, 0) is 16.1 Å². The van der Waals surface area contributed by atoms with Gasteiger partial charge in [-0.1, -0.05) is 12.1 Å². The lowest BCUT2D eigenvalue weighted by Crippen LogP contribution is -2.23. The summed E-state index contributed by atoms with van der Waals surface area (Å²) in [4.78, 5) is 20.4. The molecule has 0 bridgehead atoms. The third kappa shape index (κ3) is 3.22. The highest BCUT2D eigenvalue weighted by atomic mass is 19.1. The van der Waals surface area contributed by atoms with Crippen molar-refractivity contribution in [1.82, 2.24) is 5.32 Å². The van der Waals surface area contributed by atoms with Gasteiger partial charge < -0.3 is 10.1 Å². The van der Waals surface area contributed by atoms with Gasteiger partial charge in [0, 0.05) is 6.54 Å². The normalized spacial score (nSPS) is 9.21. The fourth-order valence-electron chi connectivity index (χ4n) is 0.862. The maximum atomic E-state index is 12.4. The Morgan fingerprint density at radius 2 is 2.07 bits per heavy atom. The number of carbonyl (C=O) groups excluding carboxylic acids is 2. The van der Waals surface area contributed by atoms with E-state index < -0.39 is 6.09 Å². The zero-order valence-corrected chi connectivity index (χ0v) is 7.20. The van der Waals surface area contributed by atoms with Crippen LogP contribution in [0.25, 0.3) is 0 Å². The molecule has 14 heavy (non-hydrogen) atoms. The largest absolute Gasteiger partial charge is 0.414 e. The van der Waals surface area contributed by atoms with Crippen molar-refractivity contribution in [2.24, 2.45) is 0 Å². The maximum Gasteiger partial charge on any atom is 0.414 e. The summed E-state index contributed by atoms with van der Waals surface area (Å²) in [6.07, 6.45) is -0.829. The van der Waals surface area contributed by atoms with Gasteiger partial charge >= 0.3 is 12.6 Å². The van der Waals surface area contributed by atoms with Crippen molar-refractivity contribution in [3.8, 4) is 0 Å². The molecule has 1 amide bonds. The predicted molar refractivity (Wildman–Crippen MR) is 45.8 cm³/mol. The van der Waals surface area contributed by atoms with Crippen molar-refractivity contribution < 1.29 is 18.7 Å². The second kappa shape index (κ2) is 4.96. The molecule has 0 fully saturated rings. The Kier molecular flexibility index (Phi) is 3.60. The fourth-order valence-corrected chi connectivity index (χ4v) is 0.862. The Labute approximate surface area is 79.7 Å². The van der Waals surface area contributed by atoms with E-state index >= 15 is 0 Å². The molecule has 0 saturated carbocycles. The molecule has 0 spiro atoms. The molecule has 1 rings (SSSR count). The van der Waals surface area contributed by atoms with Gasteiger partial charge in [0.1, 0.15) is 5.82 Å². The molecule has 0 heterocycles. The maximum absolute atomic E-state index is 12.4. The Morgan fingerprint density at radius 3 is 2.64 bits per heavy atom. The summed E-state index contributed by atoms with van der Waals surface area (Å²) in [7, 11) is 0. The molecular formula is C9H8FNO3. The highest BCUT2D eigenvalue weighted by Crippen LogP contribution is 2.01. The van der Waals surface area contributed by atoms with Crippen molar-refractivity contribution in [1.29, 1.82) is 0 Å². The molecule has 1 N–H and O–H groups in total. The molecule has 0 aliphatic carbocycles. The Morgan fingerprint density at radius 1 is 1.43 bits per heavy atom. The van der Waals surface area contributed by atoms with Gasteiger partial charge in [-0.25, -0.2) is 9.18 Å². The number of alkyl carbamates (subject to hydrolysis) is 1. The van der Waals surface area contributed by atoms with Gasteiger partial charge in [-0.3, -0.25) is 4.79 Å². The van der Waals surface area contributed by atoms with Gasteiger partial charge in [-0.2, -0.15) is 0 Å². The third-order valence-corrected chi connectivity index (χ3v) is 1.51. The van der Waals surface area contributed by atoms with Crippen molar-refractivity contribution >= 4 is 12.6 Å². The lowest BCUT2D eigenvalue weighted by Gasteiger charge is -2.02.